The van der Waals surface area contributed by atoms with Crippen molar-refractivity contribution in [1.82, 2.24) is 29.1 Å². The number of benzene rings is 4. The molecule has 2 aliphatic heterocycles. The Balaban J connectivity index is 1.54. The summed E-state index contributed by atoms with van der Waals surface area (Å²) < 4.78 is 4.40. The normalized spacial score (nSPS) is 12.9. The van der Waals surface area contributed by atoms with Gasteiger partial charge in [0.2, 0.25) is 5.95 Å². The van der Waals surface area contributed by atoms with Crippen molar-refractivity contribution in [2.75, 3.05) is 0 Å². The molecule has 52 heavy (non-hydrogen) atoms. The van der Waals surface area contributed by atoms with Gasteiger partial charge in [0, 0.05) is 11.1 Å². The van der Waals surface area contributed by atoms with Crippen LogP contribution < -0.4 is 10.7 Å². The molecule has 2 aromatic heterocycles. The summed E-state index contributed by atoms with van der Waals surface area (Å²) >= 11 is 0. The van der Waals surface area contributed by atoms with Gasteiger partial charge < -0.3 is 4.57 Å². The summed E-state index contributed by atoms with van der Waals surface area (Å²) in [6.45, 7) is 8.76. The number of fused-ring (bicyclic) bond motifs is 2. The summed E-state index contributed by atoms with van der Waals surface area (Å²) in [5.74, 6) is 1.72. The molecule has 4 aromatic carbocycles. The zero-order valence-corrected chi connectivity index (χ0v) is 29.2. The molecule has 252 valence electrons. The first kappa shape index (κ1) is 32.5. The lowest BCUT2D eigenvalue weighted by Crippen LogP contribution is -2.28. The van der Waals surface area contributed by atoms with E-state index in [0.29, 0.717) is 24.1 Å². The zero-order chi connectivity index (χ0) is 35.4. The van der Waals surface area contributed by atoms with E-state index in [0.717, 1.165) is 72.8 Å². The van der Waals surface area contributed by atoms with Crippen LogP contribution in [0.15, 0.2) is 157 Å². The van der Waals surface area contributed by atoms with Gasteiger partial charge in [0.25, 0.3) is 0 Å². The second-order valence-corrected chi connectivity index (χ2v) is 12.5. The number of pyridine rings is 1. The molecule has 0 N–H and O–H groups in total. The second-order valence-electron chi connectivity index (χ2n) is 12.5. The Labute approximate surface area is 302 Å². The van der Waals surface area contributed by atoms with Crippen LogP contribution in [0.3, 0.4) is 0 Å². The third-order valence-corrected chi connectivity index (χ3v) is 9.04. The van der Waals surface area contributed by atoms with E-state index in [9.17, 15) is 0 Å². The van der Waals surface area contributed by atoms with E-state index >= 15 is 0 Å². The van der Waals surface area contributed by atoms with E-state index in [-0.39, 0.29) is 0 Å². The minimum Gasteiger partial charge on any atom is -0.302 e. The maximum absolute atomic E-state index is 5.35. The van der Waals surface area contributed by atoms with Crippen molar-refractivity contribution >= 4 is 33.7 Å². The maximum atomic E-state index is 5.35. The maximum Gasteiger partial charge on any atom is 0.238 e. The van der Waals surface area contributed by atoms with E-state index < -0.39 is 0 Å². The number of nitrogens with zero attached hydrogens (tertiary/aromatic N) is 7. The van der Waals surface area contributed by atoms with Crippen LogP contribution in [0.5, 0.6) is 0 Å². The van der Waals surface area contributed by atoms with Gasteiger partial charge in [-0.15, -0.1) is 0 Å². The molecule has 0 bridgehead atoms. The van der Waals surface area contributed by atoms with Crippen LogP contribution in [0.1, 0.15) is 31.7 Å². The van der Waals surface area contributed by atoms with E-state index in [2.05, 4.69) is 95.5 Å². The van der Waals surface area contributed by atoms with Crippen LogP contribution in [0.4, 0.5) is 0 Å². The summed E-state index contributed by atoms with van der Waals surface area (Å²) in [7, 11) is 0. The molecule has 0 aliphatic carbocycles. The molecular weight excluding hydrogens is 639 g/mol. The van der Waals surface area contributed by atoms with Crippen molar-refractivity contribution in [1.29, 1.82) is 0 Å². The molecule has 2 aliphatic rings. The zero-order valence-electron chi connectivity index (χ0n) is 29.2. The van der Waals surface area contributed by atoms with E-state index in [1.54, 1.807) is 0 Å². The largest absolute Gasteiger partial charge is 0.302 e. The summed E-state index contributed by atoms with van der Waals surface area (Å²) in [4.78, 5) is 26.0. The minimum absolute atomic E-state index is 0.505. The van der Waals surface area contributed by atoms with Crippen molar-refractivity contribution in [3.05, 3.63) is 174 Å². The van der Waals surface area contributed by atoms with Crippen LogP contribution in [0.2, 0.25) is 0 Å². The first-order chi connectivity index (χ1) is 25.6. The Morgan fingerprint density at radius 3 is 2.08 bits per heavy atom. The molecule has 0 atom stereocenters. The smallest absolute Gasteiger partial charge is 0.238 e. The SMILES string of the molecule is C=C/C=c1\c(=N/Cc2ccccc2)c2nc(-c3ccccc3)cc3c2-n1c1ccccc1n3-c1nc(/C(C)=C/C=C\CC)nc(-c2ccccc2)n1. The number of hydrogen-bond acceptors (Lipinski definition) is 5. The predicted molar refractivity (Wildman–Crippen MR) is 212 cm³/mol. The third kappa shape index (κ3) is 6.03. The second kappa shape index (κ2) is 14.2. The lowest BCUT2D eigenvalue weighted by molar-refractivity contribution is 0.911. The fraction of sp³-hybridized carbons (Fsp3) is 0.0889. The Morgan fingerprint density at radius 1 is 0.731 bits per heavy atom. The van der Waals surface area contributed by atoms with Gasteiger partial charge >= 0.3 is 0 Å². The highest BCUT2D eigenvalue weighted by atomic mass is 15.2. The average molecular weight is 676 g/mol. The monoisotopic (exact) mass is 675 g/mol. The molecule has 0 spiro atoms. The number of para-hydroxylation sites is 2. The molecule has 8 rings (SSSR count). The highest BCUT2D eigenvalue weighted by Gasteiger charge is 2.25. The van der Waals surface area contributed by atoms with Gasteiger partial charge in [-0.05, 0) is 48.8 Å². The molecule has 6 aromatic rings. The van der Waals surface area contributed by atoms with Gasteiger partial charge in [-0.2, -0.15) is 9.97 Å². The van der Waals surface area contributed by atoms with E-state index in [1.807, 2.05) is 85.8 Å². The van der Waals surface area contributed by atoms with Gasteiger partial charge in [0.1, 0.15) is 10.9 Å². The van der Waals surface area contributed by atoms with Crippen molar-refractivity contribution < 1.29 is 0 Å². The van der Waals surface area contributed by atoms with Gasteiger partial charge in [-0.3, -0.25) is 9.56 Å². The number of allylic oxidation sites excluding steroid dienone is 5. The lowest BCUT2D eigenvalue weighted by atomic mass is 10.1. The molecule has 0 fully saturated rings. The molecule has 0 unspecified atom stereocenters. The number of aromatic nitrogens is 6. The summed E-state index contributed by atoms with van der Waals surface area (Å²) in [5, 5.41) is 1.71. The van der Waals surface area contributed by atoms with Crippen LogP contribution in [0.25, 0.3) is 68.0 Å². The number of rotatable bonds is 9. The third-order valence-electron chi connectivity index (χ3n) is 9.04. The van der Waals surface area contributed by atoms with Crippen LogP contribution >= 0.6 is 0 Å². The molecule has 4 heterocycles. The summed E-state index contributed by atoms with van der Waals surface area (Å²) in [5.41, 5.74) is 9.28. The topological polar surface area (TPSA) is 73.8 Å². The van der Waals surface area contributed by atoms with E-state index in [1.165, 1.54) is 0 Å². The Kier molecular flexibility index (Phi) is 8.90. The lowest BCUT2D eigenvalue weighted by Gasteiger charge is -2.21. The fourth-order valence-corrected chi connectivity index (χ4v) is 6.58. The highest BCUT2D eigenvalue weighted by molar-refractivity contribution is 5.95. The fourth-order valence-electron chi connectivity index (χ4n) is 6.58. The van der Waals surface area contributed by atoms with Crippen molar-refractivity contribution in [3.8, 4) is 34.3 Å². The predicted octanol–water partition coefficient (Wildman–Crippen LogP) is 9.08. The van der Waals surface area contributed by atoms with Crippen molar-refractivity contribution in [2.45, 2.75) is 26.8 Å². The first-order valence-corrected chi connectivity index (χ1v) is 17.5. The van der Waals surface area contributed by atoms with E-state index in [4.69, 9.17) is 24.9 Å². The molecule has 0 saturated heterocycles. The van der Waals surface area contributed by atoms with Gasteiger partial charge in [0.05, 0.1) is 39.8 Å². The molecular formula is C45H37N7. The molecule has 0 saturated carbocycles. The number of hydrogen-bond donors (Lipinski definition) is 0. The Morgan fingerprint density at radius 2 is 1.38 bits per heavy atom. The minimum atomic E-state index is 0.505. The Bertz CT molecular complexity index is 2700. The summed E-state index contributed by atoms with van der Waals surface area (Å²) in [6.07, 6.45) is 11.0. The average Bonchev–Trinajstić information content (AvgIpc) is 3.51. The van der Waals surface area contributed by atoms with Gasteiger partial charge in [0.15, 0.2) is 11.6 Å². The molecule has 7 heteroatoms. The van der Waals surface area contributed by atoms with Crippen molar-refractivity contribution in [3.63, 3.8) is 0 Å². The summed E-state index contributed by atoms with van der Waals surface area (Å²) in [6, 6.07) is 41.1. The van der Waals surface area contributed by atoms with Crippen molar-refractivity contribution in [2.24, 2.45) is 4.99 Å². The van der Waals surface area contributed by atoms with Gasteiger partial charge in [-0.25, -0.2) is 9.97 Å². The van der Waals surface area contributed by atoms with Crippen LogP contribution in [-0.4, -0.2) is 29.1 Å². The first-order valence-electron chi connectivity index (χ1n) is 17.5. The molecule has 0 amide bonds. The quantitative estimate of drug-likeness (QED) is 0.113. The van der Waals surface area contributed by atoms with Crippen LogP contribution in [-0.2, 0) is 6.54 Å². The molecule has 0 radical (unpaired) electrons. The molecule has 7 nitrogen and oxygen atoms in total. The van der Waals surface area contributed by atoms with Gasteiger partial charge in [-0.1, -0.05) is 141 Å². The van der Waals surface area contributed by atoms with Crippen LogP contribution in [0, 0.1) is 0 Å². The standard InChI is InChI=1S/C45H37N7/c1-4-6-10-20-31(3)43-48-44(34-25-15-9-16-26-34)50-45(49-43)52-37-28-18-17-27-36(37)51-38(19-5-2)40(46-30-32-21-11-7-12-22-32)41-42(51)39(52)29-35(47-41)33-23-13-8-14-24-33/h5-29H,2,4,30H2,1,3H3/b10-6-,31-20+,38-19+,46-40+. The Hall–Kier alpha value is -6.73. The highest BCUT2D eigenvalue weighted by Crippen LogP contribution is 2.34.